The summed E-state index contributed by atoms with van der Waals surface area (Å²) in [6.45, 7) is 0.700. The van der Waals surface area contributed by atoms with Gasteiger partial charge in [-0.25, -0.2) is 4.39 Å². The maximum Gasteiger partial charge on any atom is 0.134 e. The molecule has 0 spiro atoms. The lowest BCUT2D eigenvalue weighted by molar-refractivity contribution is 0.411. The number of aryl methyl sites for hydroxylation is 1. The highest BCUT2D eigenvalue weighted by Gasteiger charge is 2.20. The molecule has 0 saturated heterocycles. The number of hydrogen-bond acceptors (Lipinski definition) is 2. The van der Waals surface area contributed by atoms with E-state index in [1.807, 2.05) is 6.07 Å². The van der Waals surface area contributed by atoms with Crippen molar-refractivity contribution in [3.63, 3.8) is 0 Å². The van der Waals surface area contributed by atoms with E-state index < -0.39 is 0 Å². The molecule has 2 N–H and O–H groups in total. The van der Waals surface area contributed by atoms with Crippen molar-refractivity contribution in [2.45, 2.75) is 31.6 Å². The van der Waals surface area contributed by atoms with Gasteiger partial charge >= 0.3 is 0 Å². The molecule has 3 rings (SSSR count). The van der Waals surface area contributed by atoms with Crippen LogP contribution in [-0.4, -0.2) is 13.7 Å². The second-order valence-electron chi connectivity index (χ2n) is 5.93. The van der Waals surface area contributed by atoms with Gasteiger partial charge in [0, 0.05) is 11.6 Å². The lowest BCUT2D eigenvalue weighted by atomic mass is 9.80. The first-order chi connectivity index (χ1) is 10.7. The Kier molecular flexibility index (Phi) is 4.44. The predicted octanol–water partition coefficient (Wildman–Crippen LogP) is 4.27. The fraction of sp³-hybridized carbons (Fsp3) is 0.368. The molecule has 1 atom stereocenters. The zero-order chi connectivity index (χ0) is 15.5. The number of ether oxygens (including phenoxy) is 1. The van der Waals surface area contributed by atoms with Crippen LogP contribution in [0.2, 0.25) is 0 Å². The van der Waals surface area contributed by atoms with Gasteiger partial charge in [0.25, 0.3) is 0 Å². The Hall–Kier alpha value is -1.87. The highest BCUT2D eigenvalue weighted by Crippen LogP contribution is 2.37. The monoisotopic (exact) mass is 299 g/mol. The van der Waals surface area contributed by atoms with Crippen LogP contribution in [-0.2, 0) is 6.42 Å². The van der Waals surface area contributed by atoms with E-state index in [4.69, 9.17) is 10.5 Å². The van der Waals surface area contributed by atoms with E-state index in [0.29, 0.717) is 23.8 Å². The first kappa shape index (κ1) is 15.0. The Morgan fingerprint density at radius 1 is 1.23 bits per heavy atom. The van der Waals surface area contributed by atoms with Gasteiger partial charge in [-0.15, -0.1) is 0 Å². The first-order valence-corrected chi connectivity index (χ1v) is 7.89. The predicted molar refractivity (Wildman–Crippen MR) is 87.7 cm³/mol. The van der Waals surface area contributed by atoms with Crippen LogP contribution in [0.4, 0.5) is 4.39 Å². The second-order valence-corrected chi connectivity index (χ2v) is 5.93. The summed E-state index contributed by atoms with van der Waals surface area (Å²) in [7, 11) is 1.55. The van der Waals surface area contributed by atoms with Crippen LogP contribution >= 0.6 is 0 Å². The molecule has 0 saturated carbocycles. The minimum absolute atomic E-state index is 0.245. The summed E-state index contributed by atoms with van der Waals surface area (Å²) in [4.78, 5) is 0. The van der Waals surface area contributed by atoms with Gasteiger partial charge in [-0.1, -0.05) is 18.2 Å². The molecule has 0 aromatic heterocycles. The average molecular weight is 299 g/mol. The normalized spacial score (nSPS) is 17.1. The van der Waals surface area contributed by atoms with E-state index in [1.54, 1.807) is 19.2 Å². The number of rotatable bonds is 4. The minimum atomic E-state index is -0.245. The molecule has 0 aliphatic heterocycles. The SMILES string of the molecule is COc1ccc(-c2ccc3c(c2)C(CCN)CCC3)c(F)c1. The molecular formula is C19H22FNO. The van der Waals surface area contributed by atoms with Crippen molar-refractivity contribution in [3.05, 3.63) is 53.3 Å². The summed E-state index contributed by atoms with van der Waals surface area (Å²) in [6.07, 6.45) is 4.51. The summed E-state index contributed by atoms with van der Waals surface area (Å²) in [5, 5.41) is 0. The van der Waals surface area contributed by atoms with E-state index in [2.05, 4.69) is 12.1 Å². The van der Waals surface area contributed by atoms with Crippen molar-refractivity contribution in [3.8, 4) is 16.9 Å². The zero-order valence-electron chi connectivity index (χ0n) is 12.9. The van der Waals surface area contributed by atoms with Crippen LogP contribution in [0.5, 0.6) is 5.75 Å². The van der Waals surface area contributed by atoms with Gasteiger partial charge in [0.15, 0.2) is 0 Å². The van der Waals surface area contributed by atoms with Crippen molar-refractivity contribution < 1.29 is 9.13 Å². The lowest BCUT2D eigenvalue weighted by Gasteiger charge is -2.26. The van der Waals surface area contributed by atoms with E-state index >= 15 is 0 Å². The summed E-state index contributed by atoms with van der Waals surface area (Å²) in [6, 6.07) is 11.4. The van der Waals surface area contributed by atoms with Crippen molar-refractivity contribution in [1.29, 1.82) is 0 Å². The summed E-state index contributed by atoms with van der Waals surface area (Å²) in [5.41, 5.74) is 10.0. The van der Waals surface area contributed by atoms with E-state index in [1.165, 1.54) is 30.0 Å². The van der Waals surface area contributed by atoms with E-state index in [9.17, 15) is 4.39 Å². The summed E-state index contributed by atoms with van der Waals surface area (Å²) in [5.74, 6) is 0.806. The van der Waals surface area contributed by atoms with Crippen LogP contribution in [0.15, 0.2) is 36.4 Å². The molecule has 1 unspecified atom stereocenters. The molecule has 1 aliphatic rings. The topological polar surface area (TPSA) is 35.2 Å². The zero-order valence-corrected chi connectivity index (χ0v) is 12.9. The molecule has 3 heteroatoms. The van der Waals surface area contributed by atoms with Crippen LogP contribution in [0.1, 0.15) is 36.3 Å². The fourth-order valence-electron chi connectivity index (χ4n) is 3.42. The highest BCUT2D eigenvalue weighted by atomic mass is 19.1. The largest absolute Gasteiger partial charge is 0.497 e. The van der Waals surface area contributed by atoms with Crippen molar-refractivity contribution >= 4 is 0 Å². The third-order valence-corrected chi connectivity index (χ3v) is 4.59. The minimum Gasteiger partial charge on any atom is -0.497 e. The Labute approximate surface area is 131 Å². The van der Waals surface area contributed by atoms with Gasteiger partial charge < -0.3 is 10.5 Å². The van der Waals surface area contributed by atoms with Crippen LogP contribution < -0.4 is 10.5 Å². The molecule has 2 aromatic carbocycles. The maximum atomic E-state index is 14.3. The maximum absolute atomic E-state index is 14.3. The van der Waals surface area contributed by atoms with Crippen LogP contribution in [0.25, 0.3) is 11.1 Å². The van der Waals surface area contributed by atoms with Gasteiger partial charge in [-0.3, -0.25) is 0 Å². The van der Waals surface area contributed by atoms with Crippen LogP contribution in [0.3, 0.4) is 0 Å². The molecule has 116 valence electrons. The average Bonchev–Trinajstić information content (AvgIpc) is 2.55. The lowest BCUT2D eigenvalue weighted by Crippen LogP contribution is -2.14. The van der Waals surface area contributed by atoms with Gasteiger partial charge in [0.05, 0.1) is 7.11 Å². The highest BCUT2D eigenvalue weighted by molar-refractivity contribution is 5.67. The van der Waals surface area contributed by atoms with Crippen LogP contribution in [0, 0.1) is 5.82 Å². The molecule has 1 aliphatic carbocycles. The Balaban J connectivity index is 2.00. The number of benzene rings is 2. The molecule has 2 nitrogen and oxygen atoms in total. The Morgan fingerprint density at radius 2 is 2.09 bits per heavy atom. The van der Waals surface area contributed by atoms with Gasteiger partial charge in [-0.05, 0) is 67.0 Å². The molecule has 22 heavy (non-hydrogen) atoms. The molecule has 0 fully saturated rings. The molecular weight excluding hydrogens is 277 g/mol. The molecule has 0 bridgehead atoms. The molecule has 0 amide bonds. The standard InChI is InChI=1S/C19H22FNO/c1-22-16-7-8-17(19(20)12-16)15-6-5-13-3-2-4-14(9-10-21)18(13)11-15/h5-8,11-12,14H,2-4,9-10,21H2,1H3. The first-order valence-electron chi connectivity index (χ1n) is 7.89. The summed E-state index contributed by atoms with van der Waals surface area (Å²) < 4.78 is 19.4. The number of fused-ring (bicyclic) bond motifs is 1. The number of hydrogen-bond donors (Lipinski definition) is 1. The Morgan fingerprint density at radius 3 is 2.82 bits per heavy atom. The van der Waals surface area contributed by atoms with Crippen molar-refractivity contribution in [1.82, 2.24) is 0 Å². The third-order valence-electron chi connectivity index (χ3n) is 4.59. The Bertz CT molecular complexity index is 668. The summed E-state index contributed by atoms with van der Waals surface area (Å²) >= 11 is 0. The number of halogens is 1. The van der Waals surface area contributed by atoms with E-state index in [-0.39, 0.29) is 5.82 Å². The smallest absolute Gasteiger partial charge is 0.134 e. The molecule has 2 aromatic rings. The molecule has 0 radical (unpaired) electrons. The van der Waals surface area contributed by atoms with Gasteiger partial charge in [0.2, 0.25) is 0 Å². The van der Waals surface area contributed by atoms with Crippen molar-refractivity contribution in [2.24, 2.45) is 5.73 Å². The fourth-order valence-corrected chi connectivity index (χ4v) is 3.42. The second kappa shape index (κ2) is 6.49. The number of nitrogens with two attached hydrogens (primary N) is 1. The molecule has 0 heterocycles. The van der Waals surface area contributed by atoms with E-state index in [0.717, 1.165) is 18.4 Å². The quantitative estimate of drug-likeness (QED) is 0.915. The van der Waals surface area contributed by atoms with Gasteiger partial charge in [0.1, 0.15) is 11.6 Å². The number of methoxy groups -OCH3 is 1. The third kappa shape index (κ3) is 2.86. The van der Waals surface area contributed by atoms with Crippen molar-refractivity contribution in [2.75, 3.05) is 13.7 Å². The van der Waals surface area contributed by atoms with Gasteiger partial charge in [-0.2, -0.15) is 0 Å².